The van der Waals surface area contributed by atoms with Crippen molar-refractivity contribution in [2.75, 3.05) is 13.1 Å². The summed E-state index contributed by atoms with van der Waals surface area (Å²) in [5, 5.41) is 4.23. The van der Waals surface area contributed by atoms with Gasteiger partial charge in [0.05, 0.1) is 0 Å². The van der Waals surface area contributed by atoms with Crippen molar-refractivity contribution in [2.24, 2.45) is 5.92 Å². The van der Waals surface area contributed by atoms with E-state index in [1.807, 2.05) is 6.07 Å². The van der Waals surface area contributed by atoms with Gasteiger partial charge in [0.25, 0.3) is 0 Å². The Hall–Kier alpha value is -0.640. The van der Waals surface area contributed by atoms with Crippen LogP contribution in [0.2, 0.25) is 5.02 Å². The molecule has 1 saturated heterocycles. The minimum absolute atomic E-state index is 0.262. The van der Waals surface area contributed by atoms with E-state index in [0.717, 1.165) is 37.5 Å². The molecule has 0 bridgehead atoms. The van der Waals surface area contributed by atoms with Gasteiger partial charge in [-0.25, -0.2) is 4.39 Å². The minimum atomic E-state index is -0.262. The first-order valence-electron chi connectivity index (χ1n) is 7.58. The first-order chi connectivity index (χ1) is 9.67. The van der Waals surface area contributed by atoms with Crippen LogP contribution in [-0.4, -0.2) is 30.1 Å². The molecule has 1 N–H and O–H groups in total. The third kappa shape index (κ3) is 3.16. The van der Waals surface area contributed by atoms with Gasteiger partial charge in [0.2, 0.25) is 0 Å². The van der Waals surface area contributed by atoms with Crippen LogP contribution in [0.4, 0.5) is 4.39 Å². The first kappa shape index (κ1) is 14.3. The lowest BCUT2D eigenvalue weighted by atomic mass is 10.0. The van der Waals surface area contributed by atoms with Gasteiger partial charge in [0, 0.05) is 36.7 Å². The summed E-state index contributed by atoms with van der Waals surface area (Å²) in [4.78, 5) is 2.51. The predicted octanol–water partition coefficient (Wildman–Crippen LogP) is 3.44. The third-order valence-electron chi connectivity index (χ3n) is 4.61. The largest absolute Gasteiger partial charge is 0.311 e. The molecule has 0 aromatic heterocycles. The van der Waals surface area contributed by atoms with Crippen molar-refractivity contribution in [1.29, 1.82) is 0 Å². The van der Waals surface area contributed by atoms with Crippen molar-refractivity contribution in [3.05, 3.63) is 34.6 Å². The summed E-state index contributed by atoms with van der Waals surface area (Å²) in [7, 11) is 0. The van der Waals surface area contributed by atoms with E-state index in [-0.39, 0.29) is 5.82 Å². The van der Waals surface area contributed by atoms with E-state index in [1.54, 1.807) is 0 Å². The summed E-state index contributed by atoms with van der Waals surface area (Å²) < 4.78 is 13.1. The zero-order valence-corrected chi connectivity index (χ0v) is 12.7. The molecule has 1 aliphatic heterocycles. The Balaban J connectivity index is 1.71. The van der Waals surface area contributed by atoms with Crippen LogP contribution in [-0.2, 0) is 6.54 Å². The van der Waals surface area contributed by atoms with Crippen molar-refractivity contribution in [2.45, 2.75) is 44.8 Å². The van der Waals surface area contributed by atoms with Crippen LogP contribution in [0.25, 0.3) is 0 Å². The quantitative estimate of drug-likeness (QED) is 0.915. The highest BCUT2D eigenvalue weighted by atomic mass is 35.5. The number of halogens is 2. The van der Waals surface area contributed by atoms with Crippen LogP contribution in [0.5, 0.6) is 0 Å². The van der Waals surface area contributed by atoms with Gasteiger partial charge in [-0.2, -0.15) is 0 Å². The highest BCUT2D eigenvalue weighted by molar-refractivity contribution is 6.31. The Morgan fingerprint density at radius 2 is 2.20 bits per heavy atom. The fraction of sp³-hybridized carbons (Fsp3) is 0.625. The highest BCUT2D eigenvalue weighted by Crippen LogP contribution is 2.35. The van der Waals surface area contributed by atoms with Gasteiger partial charge in [-0.1, -0.05) is 24.6 Å². The van der Waals surface area contributed by atoms with E-state index in [2.05, 4.69) is 17.1 Å². The summed E-state index contributed by atoms with van der Waals surface area (Å²) in [6.07, 6.45) is 3.85. The summed E-state index contributed by atoms with van der Waals surface area (Å²) in [5.74, 6) is 0.598. The number of nitrogens with one attached hydrogen (secondary N) is 1. The molecule has 2 fully saturated rings. The summed E-state index contributed by atoms with van der Waals surface area (Å²) >= 11 is 6.17. The molecule has 0 spiro atoms. The van der Waals surface area contributed by atoms with Gasteiger partial charge < -0.3 is 5.32 Å². The van der Waals surface area contributed by atoms with Crippen LogP contribution in [0.3, 0.4) is 0 Å². The number of piperazine rings is 1. The molecule has 0 radical (unpaired) electrons. The van der Waals surface area contributed by atoms with Crippen molar-refractivity contribution < 1.29 is 4.39 Å². The number of hydrogen-bond donors (Lipinski definition) is 1. The van der Waals surface area contributed by atoms with Crippen LogP contribution in [0.1, 0.15) is 31.7 Å². The minimum Gasteiger partial charge on any atom is -0.311 e. The predicted molar refractivity (Wildman–Crippen MR) is 80.4 cm³/mol. The van der Waals surface area contributed by atoms with E-state index in [1.165, 1.54) is 25.0 Å². The second-order valence-electron chi connectivity index (χ2n) is 6.08. The number of hydrogen-bond acceptors (Lipinski definition) is 2. The van der Waals surface area contributed by atoms with Gasteiger partial charge in [-0.3, -0.25) is 4.90 Å². The SMILES string of the molecule is CCC1CNC(C2CC2)CN1Cc1ccc(F)cc1Cl. The smallest absolute Gasteiger partial charge is 0.124 e. The highest BCUT2D eigenvalue weighted by Gasteiger charge is 2.36. The van der Waals surface area contributed by atoms with E-state index in [0.29, 0.717) is 17.1 Å². The van der Waals surface area contributed by atoms with E-state index < -0.39 is 0 Å². The van der Waals surface area contributed by atoms with Gasteiger partial charge in [0.1, 0.15) is 5.82 Å². The second-order valence-corrected chi connectivity index (χ2v) is 6.49. The lowest BCUT2D eigenvalue weighted by molar-refractivity contribution is 0.112. The van der Waals surface area contributed by atoms with Crippen molar-refractivity contribution in [3.63, 3.8) is 0 Å². The fourth-order valence-electron chi connectivity index (χ4n) is 3.16. The Labute approximate surface area is 125 Å². The summed E-state index contributed by atoms with van der Waals surface area (Å²) in [6, 6.07) is 5.91. The third-order valence-corrected chi connectivity index (χ3v) is 4.97. The van der Waals surface area contributed by atoms with E-state index >= 15 is 0 Å². The van der Waals surface area contributed by atoms with Crippen LogP contribution in [0, 0.1) is 11.7 Å². The summed E-state index contributed by atoms with van der Waals surface area (Å²) in [6.45, 7) is 5.18. The van der Waals surface area contributed by atoms with Gasteiger partial charge in [-0.15, -0.1) is 0 Å². The summed E-state index contributed by atoms with van der Waals surface area (Å²) in [5.41, 5.74) is 1.03. The molecule has 1 aromatic carbocycles. The molecule has 2 aliphatic rings. The Morgan fingerprint density at radius 3 is 2.85 bits per heavy atom. The lowest BCUT2D eigenvalue weighted by Crippen LogP contribution is -2.56. The van der Waals surface area contributed by atoms with E-state index in [4.69, 9.17) is 11.6 Å². The van der Waals surface area contributed by atoms with Crippen molar-refractivity contribution in [1.82, 2.24) is 10.2 Å². The molecule has 2 atom stereocenters. The van der Waals surface area contributed by atoms with Crippen LogP contribution < -0.4 is 5.32 Å². The Morgan fingerprint density at radius 1 is 1.40 bits per heavy atom. The number of rotatable bonds is 4. The molecule has 3 rings (SSSR count). The number of benzene rings is 1. The van der Waals surface area contributed by atoms with Gasteiger partial charge in [0.15, 0.2) is 0 Å². The molecule has 4 heteroatoms. The molecule has 2 nitrogen and oxygen atoms in total. The monoisotopic (exact) mass is 296 g/mol. The topological polar surface area (TPSA) is 15.3 Å². The zero-order chi connectivity index (χ0) is 14.1. The Bertz CT molecular complexity index is 476. The van der Waals surface area contributed by atoms with Gasteiger partial charge in [-0.05, 0) is 42.9 Å². The zero-order valence-electron chi connectivity index (χ0n) is 11.9. The van der Waals surface area contributed by atoms with Gasteiger partial charge >= 0.3 is 0 Å². The molecule has 20 heavy (non-hydrogen) atoms. The fourth-order valence-corrected chi connectivity index (χ4v) is 3.39. The maximum absolute atomic E-state index is 13.1. The van der Waals surface area contributed by atoms with Crippen LogP contribution >= 0.6 is 11.6 Å². The molecule has 1 aromatic rings. The maximum Gasteiger partial charge on any atom is 0.124 e. The molecule has 0 amide bonds. The normalized spacial score (nSPS) is 27.8. The standard InChI is InChI=1S/C16H22ClFN2/c1-2-14-8-19-16(11-3-4-11)10-20(14)9-12-5-6-13(18)7-15(12)17/h5-7,11,14,16,19H,2-4,8-10H2,1H3. The average molecular weight is 297 g/mol. The molecule has 1 saturated carbocycles. The van der Waals surface area contributed by atoms with Crippen molar-refractivity contribution >= 4 is 11.6 Å². The van der Waals surface area contributed by atoms with Crippen molar-refractivity contribution in [3.8, 4) is 0 Å². The second kappa shape index (κ2) is 6.00. The molecular weight excluding hydrogens is 275 g/mol. The molecular formula is C16H22ClFN2. The molecule has 1 heterocycles. The molecule has 2 unspecified atom stereocenters. The first-order valence-corrected chi connectivity index (χ1v) is 7.96. The molecule has 110 valence electrons. The van der Waals surface area contributed by atoms with E-state index in [9.17, 15) is 4.39 Å². The van der Waals surface area contributed by atoms with Crippen LogP contribution in [0.15, 0.2) is 18.2 Å². The Kier molecular flexibility index (Phi) is 4.29. The average Bonchev–Trinajstić information content (AvgIpc) is 3.26. The number of nitrogens with zero attached hydrogens (tertiary/aromatic N) is 1. The molecule has 1 aliphatic carbocycles. The lowest BCUT2D eigenvalue weighted by Gasteiger charge is -2.40. The maximum atomic E-state index is 13.1.